The van der Waals surface area contributed by atoms with Gasteiger partial charge in [-0.3, -0.25) is 0 Å². The van der Waals surface area contributed by atoms with Crippen LogP contribution in [0.5, 0.6) is 0 Å². The lowest BCUT2D eigenvalue weighted by Gasteiger charge is -2.04. The van der Waals surface area contributed by atoms with Crippen LogP contribution in [0, 0.1) is 0 Å². The third-order valence-electron chi connectivity index (χ3n) is 3.61. The first-order chi connectivity index (χ1) is 11.6. The number of halogens is 2. The number of nitrogens with one attached hydrogen (secondary N) is 1. The van der Waals surface area contributed by atoms with E-state index in [0.29, 0.717) is 47.3 Å². The molecule has 0 spiro atoms. The molecule has 2 heterocycles. The molecule has 3 rings (SSSR count). The minimum atomic E-state index is 0. The van der Waals surface area contributed by atoms with Gasteiger partial charge >= 0.3 is 0 Å². The van der Waals surface area contributed by atoms with Crippen LogP contribution in [0.4, 0.5) is 0 Å². The monoisotopic (exact) mass is 383 g/mol. The molecule has 1 atom stereocenters. The van der Waals surface area contributed by atoms with E-state index in [9.17, 15) is 0 Å². The number of benzene rings is 1. The molecule has 0 fully saturated rings. The Labute approximate surface area is 156 Å². The van der Waals surface area contributed by atoms with E-state index in [2.05, 4.69) is 32.5 Å². The Hall–Kier alpha value is -1.96. The summed E-state index contributed by atoms with van der Waals surface area (Å²) in [7, 11) is 1.90. The zero-order valence-corrected chi connectivity index (χ0v) is 15.5. The summed E-state index contributed by atoms with van der Waals surface area (Å²) in [6.45, 7) is 2.06. The molecule has 25 heavy (non-hydrogen) atoms. The van der Waals surface area contributed by atoms with Gasteiger partial charge in [0, 0.05) is 35.9 Å². The zero-order valence-electron chi connectivity index (χ0n) is 13.9. The van der Waals surface area contributed by atoms with E-state index in [0.717, 1.165) is 12.0 Å². The second-order valence-corrected chi connectivity index (χ2v) is 5.95. The molecule has 0 bridgehead atoms. The highest BCUT2D eigenvalue weighted by Gasteiger charge is 2.13. The van der Waals surface area contributed by atoms with Gasteiger partial charge in [-0.2, -0.15) is 9.97 Å². The quantitative estimate of drug-likeness (QED) is 0.669. The van der Waals surface area contributed by atoms with Gasteiger partial charge in [-0.1, -0.05) is 21.9 Å². The van der Waals surface area contributed by atoms with Crippen molar-refractivity contribution in [2.75, 3.05) is 7.05 Å². The van der Waals surface area contributed by atoms with Crippen LogP contribution < -0.4 is 5.32 Å². The second kappa shape index (κ2) is 8.94. The van der Waals surface area contributed by atoms with Crippen LogP contribution in [0.1, 0.15) is 24.5 Å². The minimum absolute atomic E-state index is 0. The van der Waals surface area contributed by atoms with Crippen molar-refractivity contribution in [2.24, 2.45) is 0 Å². The number of hydrogen-bond acceptors (Lipinski definition) is 7. The maximum Gasteiger partial charge on any atom is 0.227 e. The van der Waals surface area contributed by atoms with E-state index in [4.69, 9.17) is 20.6 Å². The molecule has 0 radical (unpaired) electrons. The summed E-state index contributed by atoms with van der Waals surface area (Å²) in [6, 6.07) is 7.58. The van der Waals surface area contributed by atoms with Crippen LogP contribution in [0.25, 0.3) is 11.4 Å². The third-order valence-corrected chi connectivity index (χ3v) is 3.87. The molecular formula is C16H19Cl2N5O2. The van der Waals surface area contributed by atoms with Crippen molar-refractivity contribution in [1.29, 1.82) is 0 Å². The molecule has 9 heteroatoms. The van der Waals surface area contributed by atoms with Gasteiger partial charge in [-0.05, 0) is 38.2 Å². The Kier molecular flexibility index (Phi) is 6.92. The average Bonchev–Trinajstić information content (AvgIpc) is 3.23. The Morgan fingerprint density at radius 2 is 1.68 bits per heavy atom. The fourth-order valence-corrected chi connectivity index (χ4v) is 2.26. The van der Waals surface area contributed by atoms with Gasteiger partial charge in [0.1, 0.15) is 0 Å². The van der Waals surface area contributed by atoms with Crippen molar-refractivity contribution >= 4 is 24.0 Å². The van der Waals surface area contributed by atoms with Crippen LogP contribution in [-0.2, 0) is 19.3 Å². The lowest BCUT2D eigenvalue weighted by atomic mass is 10.2. The third kappa shape index (κ3) is 5.26. The van der Waals surface area contributed by atoms with E-state index in [1.54, 1.807) is 12.1 Å². The lowest BCUT2D eigenvalue weighted by molar-refractivity contribution is 0.351. The summed E-state index contributed by atoms with van der Waals surface area (Å²) < 4.78 is 10.5. The number of aromatic nitrogens is 4. The topological polar surface area (TPSA) is 89.9 Å². The first kappa shape index (κ1) is 19.4. The van der Waals surface area contributed by atoms with Gasteiger partial charge in [0.2, 0.25) is 17.6 Å². The molecule has 0 aliphatic heterocycles. The van der Waals surface area contributed by atoms with E-state index in [1.807, 2.05) is 19.2 Å². The van der Waals surface area contributed by atoms with Crippen LogP contribution in [-0.4, -0.2) is 33.4 Å². The molecule has 2 aromatic heterocycles. The highest BCUT2D eigenvalue weighted by molar-refractivity contribution is 6.30. The number of likely N-dealkylation sites (N-methyl/N-ethyl adjacent to an activating group) is 1. The Balaban J connectivity index is 0.00000225. The summed E-state index contributed by atoms with van der Waals surface area (Å²) in [6.07, 6.45) is 1.83. The van der Waals surface area contributed by atoms with Crippen LogP contribution in [0.3, 0.4) is 0 Å². The van der Waals surface area contributed by atoms with Gasteiger partial charge in [0.25, 0.3) is 0 Å². The standard InChI is InChI=1S/C16H18ClN5O2.ClH/c1-10(18-2)9-13-19-14(23-21-13)7-8-15-20-16(22-24-15)11-3-5-12(17)6-4-11;/h3-6,10,18H,7-9H2,1-2H3;1H. The van der Waals surface area contributed by atoms with Crippen molar-refractivity contribution in [2.45, 2.75) is 32.2 Å². The molecule has 1 aromatic carbocycles. The van der Waals surface area contributed by atoms with Gasteiger partial charge in [0.05, 0.1) is 0 Å². The van der Waals surface area contributed by atoms with Gasteiger partial charge in [0.15, 0.2) is 5.82 Å². The molecule has 1 N–H and O–H groups in total. The number of nitrogens with zero attached hydrogens (tertiary/aromatic N) is 4. The Morgan fingerprint density at radius 3 is 2.36 bits per heavy atom. The van der Waals surface area contributed by atoms with Crippen LogP contribution in [0.2, 0.25) is 5.02 Å². The highest BCUT2D eigenvalue weighted by Crippen LogP contribution is 2.19. The molecule has 7 nitrogen and oxygen atoms in total. The molecule has 0 saturated heterocycles. The summed E-state index contributed by atoms with van der Waals surface area (Å²) in [5.74, 6) is 2.33. The van der Waals surface area contributed by atoms with E-state index < -0.39 is 0 Å². The second-order valence-electron chi connectivity index (χ2n) is 5.52. The minimum Gasteiger partial charge on any atom is -0.339 e. The van der Waals surface area contributed by atoms with E-state index in [-0.39, 0.29) is 12.4 Å². The molecule has 1 unspecified atom stereocenters. The van der Waals surface area contributed by atoms with E-state index >= 15 is 0 Å². The average molecular weight is 384 g/mol. The van der Waals surface area contributed by atoms with Crippen molar-refractivity contribution < 1.29 is 9.05 Å². The Morgan fingerprint density at radius 1 is 1.04 bits per heavy atom. The van der Waals surface area contributed by atoms with Crippen molar-refractivity contribution in [1.82, 2.24) is 25.6 Å². The van der Waals surface area contributed by atoms with Crippen LogP contribution >= 0.6 is 24.0 Å². The Bertz CT molecular complexity index is 788. The molecule has 0 amide bonds. The van der Waals surface area contributed by atoms with E-state index in [1.165, 1.54) is 0 Å². The zero-order chi connectivity index (χ0) is 16.9. The van der Waals surface area contributed by atoms with Crippen molar-refractivity contribution in [3.8, 4) is 11.4 Å². The molecule has 0 saturated carbocycles. The lowest BCUT2D eigenvalue weighted by Crippen LogP contribution is -2.24. The SMILES string of the molecule is CNC(C)Cc1noc(CCc2nc(-c3ccc(Cl)cc3)no2)n1.Cl. The number of hydrogen-bond donors (Lipinski definition) is 1. The maximum atomic E-state index is 5.87. The summed E-state index contributed by atoms with van der Waals surface area (Å²) in [5.41, 5.74) is 0.857. The first-order valence-electron chi connectivity index (χ1n) is 7.71. The fraction of sp³-hybridized carbons (Fsp3) is 0.375. The molecule has 0 aliphatic rings. The maximum absolute atomic E-state index is 5.87. The fourth-order valence-electron chi connectivity index (χ4n) is 2.14. The summed E-state index contributed by atoms with van der Waals surface area (Å²) in [4.78, 5) is 8.74. The van der Waals surface area contributed by atoms with Gasteiger partial charge in [-0.15, -0.1) is 12.4 Å². The van der Waals surface area contributed by atoms with Crippen molar-refractivity contribution in [3.05, 3.63) is 46.9 Å². The number of rotatable bonds is 7. The van der Waals surface area contributed by atoms with Crippen molar-refractivity contribution in [3.63, 3.8) is 0 Å². The molecular weight excluding hydrogens is 365 g/mol. The predicted octanol–water partition coefficient (Wildman–Crippen LogP) is 3.13. The normalized spacial score (nSPS) is 12.0. The summed E-state index contributed by atoms with van der Waals surface area (Å²) in [5, 5.41) is 11.8. The summed E-state index contributed by atoms with van der Waals surface area (Å²) >= 11 is 5.87. The highest BCUT2D eigenvalue weighted by atomic mass is 35.5. The van der Waals surface area contributed by atoms with Gasteiger partial charge < -0.3 is 14.4 Å². The van der Waals surface area contributed by atoms with Gasteiger partial charge in [-0.25, -0.2) is 0 Å². The largest absolute Gasteiger partial charge is 0.339 e. The molecule has 134 valence electrons. The smallest absolute Gasteiger partial charge is 0.227 e. The van der Waals surface area contributed by atoms with Crippen LogP contribution in [0.15, 0.2) is 33.3 Å². The first-order valence-corrected chi connectivity index (χ1v) is 8.09. The number of aryl methyl sites for hydroxylation is 2. The molecule has 0 aliphatic carbocycles. The predicted molar refractivity (Wildman–Crippen MR) is 95.9 cm³/mol. The molecule has 3 aromatic rings.